The van der Waals surface area contributed by atoms with Crippen LogP contribution in [0.15, 0.2) is 18.2 Å². The maximum absolute atomic E-state index is 12.6. The first-order valence-electron chi connectivity index (χ1n) is 5.50. The second-order valence-electron chi connectivity index (χ2n) is 4.89. The van der Waals surface area contributed by atoms with Crippen molar-refractivity contribution >= 4 is 0 Å². The molecule has 1 rings (SSSR count). The predicted octanol–water partition coefficient (Wildman–Crippen LogP) is 4.40. The molecule has 0 atom stereocenters. The molecule has 0 spiro atoms. The fraction of sp³-hybridized carbons (Fsp3) is 0.538. The SMILES string of the molecule is CCOc1cc(C(F)(F)F)ccc1C(C)(C)C. The molecule has 96 valence electrons. The molecule has 0 radical (unpaired) electrons. The van der Waals surface area contributed by atoms with Crippen LogP contribution in [0, 0.1) is 0 Å². The monoisotopic (exact) mass is 246 g/mol. The van der Waals surface area contributed by atoms with Crippen molar-refractivity contribution in [1.82, 2.24) is 0 Å². The van der Waals surface area contributed by atoms with Crippen molar-refractivity contribution in [3.8, 4) is 5.75 Å². The van der Waals surface area contributed by atoms with E-state index in [1.54, 1.807) is 6.92 Å². The summed E-state index contributed by atoms with van der Waals surface area (Å²) in [7, 11) is 0. The van der Waals surface area contributed by atoms with Gasteiger partial charge in [0, 0.05) is 0 Å². The molecule has 0 bridgehead atoms. The normalized spacial score (nSPS) is 12.6. The zero-order valence-corrected chi connectivity index (χ0v) is 10.5. The van der Waals surface area contributed by atoms with E-state index in [0.717, 1.165) is 17.7 Å². The Kier molecular flexibility index (Phi) is 3.74. The Labute approximate surface area is 99.6 Å². The molecule has 0 amide bonds. The highest BCUT2D eigenvalue weighted by molar-refractivity contribution is 5.42. The topological polar surface area (TPSA) is 9.23 Å². The van der Waals surface area contributed by atoms with E-state index in [-0.39, 0.29) is 5.41 Å². The third kappa shape index (κ3) is 3.38. The van der Waals surface area contributed by atoms with Crippen molar-refractivity contribution in [3.63, 3.8) is 0 Å². The molecule has 0 aromatic heterocycles. The van der Waals surface area contributed by atoms with E-state index >= 15 is 0 Å². The van der Waals surface area contributed by atoms with Crippen LogP contribution in [0.1, 0.15) is 38.8 Å². The molecular formula is C13H17F3O. The average Bonchev–Trinajstić information content (AvgIpc) is 2.15. The molecule has 17 heavy (non-hydrogen) atoms. The zero-order chi connectivity index (χ0) is 13.3. The van der Waals surface area contributed by atoms with Crippen LogP contribution in [-0.4, -0.2) is 6.61 Å². The van der Waals surface area contributed by atoms with Crippen LogP contribution in [0.4, 0.5) is 13.2 Å². The molecule has 0 N–H and O–H groups in total. The first kappa shape index (κ1) is 13.9. The average molecular weight is 246 g/mol. The molecular weight excluding hydrogens is 229 g/mol. The van der Waals surface area contributed by atoms with Gasteiger partial charge in [0.15, 0.2) is 0 Å². The van der Waals surface area contributed by atoms with E-state index in [2.05, 4.69) is 0 Å². The lowest BCUT2D eigenvalue weighted by atomic mass is 9.85. The van der Waals surface area contributed by atoms with Gasteiger partial charge in [-0.3, -0.25) is 0 Å². The van der Waals surface area contributed by atoms with Gasteiger partial charge in [-0.1, -0.05) is 26.8 Å². The van der Waals surface area contributed by atoms with Gasteiger partial charge in [0.2, 0.25) is 0 Å². The fourth-order valence-electron chi connectivity index (χ4n) is 1.59. The number of benzene rings is 1. The van der Waals surface area contributed by atoms with Crippen molar-refractivity contribution in [2.75, 3.05) is 6.61 Å². The molecule has 0 heterocycles. The molecule has 1 aromatic carbocycles. The lowest BCUT2D eigenvalue weighted by molar-refractivity contribution is -0.137. The van der Waals surface area contributed by atoms with Gasteiger partial charge in [-0.2, -0.15) is 13.2 Å². The van der Waals surface area contributed by atoms with Crippen LogP contribution in [0.25, 0.3) is 0 Å². The molecule has 0 aliphatic heterocycles. The Morgan fingerprint density at radius 2 is 1.71 bits per heavy atom. The molecule has 0 fully saturated rings. The van der Waals surface area contributed by atoms with Gasteiger partial charge in [-0.05, 0) is 30.0 Å². The van der Waals surface area contributed by atoms with E-state index in [1.165, 1.54) is 6.07 Å². The van der Waals surface area contributed by atoms with Crippen molar-refractivity contribution in [2.24, 2.45) is 0 Å². The number of ether oxygens (including phenoxy) is 1. The Balaban J connectivity index is 3.27. The van der Waals surface area contributed by atoms with Crippen molar-refractivity contribution < 1.29 is 17.9 Å². The van der Waals surface area contributed by atoms with Gasteiger partial charge in [0.25, 0.3) is 0 Å². The van der Waals surface area contributed by atoms with Crippen LogP contribution in [0.2, 0.25) is 0 Å². The van der Waals surface area contributed by atoms with Gasteiger partial charge in [-0.15, -0.1) is 0 Å². The minimum Gasteiger partial charge on any atom is -0.494 e. The molecule has 0 saturated carbocycles. The summed E-state index contributed by atoms with van der Waals surface area (Å²) in [5, 5.41) is 0. The highest BCUT2D eigenvalue weighted by atomic mass is 19.4. The van der Waals surface area contributed by atoms with Crippen LogP contribution in [-0.2, 0) is 11.6 Å². The molecule has 1 nitrogen and oxygen atoms in total. The zero-order valence-electron chi connectivity index (χ0n) is 10.5. The van der Waals surface area contributed by atoms with Gasteiger partial charge in [-0.25, -0.2) is 0 Å². The molecule has 0 unspecified atom stereocenters. The summed E-state index contributed by atoms with van der Waals surface area (Å²) in [5.41, 5.74) is -0.129. The first-order valence-corrected chi connectivity index (χ1v) is 5.50. The second-order valence-corrected chi connectivity index (χ2v) is 4.89. The lowest BCUT2D eigenvalue weighted by Gasteiger charge is -2.23. The number of hydrogen-bond acceptors (Lipinski definition) is 1. The number of rotatable bonds is 2. The smallest absolute Gasteiger partial charge is 0.416 e. The first-order chi connectivity index (χ1) is 7.66. The Morgan fingerprint density at radius 3 is 2.12 bits per heavy atom. The van der Waals surface area contributed by atoms with Crippen LogP contribution < -0.4 is 4.74 Å². The highest BCUT2D eigenvalue weighted by Gasteiger charge is 2.32. The Morgan fingerprint density at radius 1 is 1.12 bits per heavy atom. The van der Waals surface area contributed by atoms with Gasteiger partial charge in [0.05, 0.1) is 12.2 Å². The van der Waals surface area contributed by atoms with Gasteiger partial charge in [0.1, 0.15) is 5.75 Å². The van der Waals surface area contributed by atoms with Gasteiger partial charge < -0.3 is 4.74 Å². The number of halogens is 3. The third-order valence-corrected chi connectivity index (χ3v) is 2.42. The molecule has 1 aromatic rings. The maximum Gasteiger partial charge on any atom is 0.416 e. The summed E-state index contributed by atoms with van der Waals surface area (Å²) < 4.78 is 43.0. The summed E-state index contributed by atoms with van der Waals surface area (Å²) in [4.78, 5) is 0. The van der Waals surface area contributed by atoms with E-state index in [0.29, 0.717) is 12.4 Å². The van der Waals surface area contributed by atoms with E-state index in [9.17, 15) is 13.2 Å². The maximum atomic E-state index is 12.6. The Bertz CT molecular complexity index is 389. The summed E-state index contributed by atoms with van der Waals surface area (Å²) in [6, 6.07) is 3.67. The fourth-order valence-corrected chi connectivity index (χ4v) is 1.59. The van der Waals surface area contributed by atoms with Gasteiger partial charge >= 0.3 is 6.18 Å². The highest BCUT2D eigenvalue weighted by Crippen LogP contribution is 2.37. The van der Waals surface area contributed by atoms with Crippen molar-refractivity contribution in [2.45, 2.75) is 39.3 Å². The quantitative estimate of drug-likeness (QED) is 0.751. The second kappa shape index (κ2) is 4.59. The molecule has 0 saturated heterocycles. The summed E-state index contributed by atoms with van der Waals surface area (Å²) in [6.45, 7) is 7.94. The van der Waals surface area contributed by atoms with E-state index < -0.39 is 11.7 Å². The van der Waals surface area contributed by atoms with Crippen molar-refractivity contribution in [3.05, 3.63) is 29.3 Å². The summed E-state index contributed by atoms with van der Waals surface area (Å²) in [6.07, 6.45) is -4.33. The molecule has 4 heteroatoms. The largest absolute Gasteiger partial charge is 0.494 e. The van der Waals surface area contributed by atoms with E-state index in [4.69, 9.17) is 4.74 Å². The van der Waals surface area contributed by atoms with Crippen molar-refractivity contribution in [1.29, 1.82) is 0 Å². The Hall–Kier alpha value is -1.19. The van der Waals surface area contributed by atoms with Crippen LogP contribution in [0.5, 0.6) is 5.75 Å². The molecule has 0 aliphatic rings. The minimum atomic E-state index is -4.33. The van der Waals surface area contributed by atoms with E-state index in [1.807, 2.05) is 20.8 Å². The predicted molar refractivity (Wildman–Crippen MR) is 61.3 cm³/mol. The number of alkyl halides is 3. The molecule has 0 aliphatic carbocycles. The minimum absolute atomic E-state index is 0.241. The summed E-state index contributed by atoms with van der Waals surface area (Å²) in [5.74, 6) is 0.315. The van der Waals surface area contributed by atoms with Crippen LogP contribution >= 0.6 is 0 Å². The summed E-state index contributed by atoms with van der Waals surface area (Å²) >= 11 is 0. The standard InChI is InChI=1S/C13H17F3O/c1-5-17-11-8-9(13(14,15)16)6-7-10(11)12(2,3)4/h6-8H,5H2,1-4H3. The van der Waals surface area contributed by atoms with Crippen LogP contribution in [0.3, 0.4) is 0 Å². The third-order valence-electron chi connectivity index (χ3n) is 2.42. The lowest BCUT2D eigenvalue weighted by Crippen LogP contribution is -2.15. The number of hydrogen-bond donors (Lipinski definition) is 0.